The van der Waals surface area contributed by atoms with Crippen molar-refractivity contribution in [3.63, 3.8) is 0 Å². The van der Waals surface area contributed by atoms with Crippen LogP contribution in [-0.2, 0) is 14.3 Å². The van der Waals surface area contributed by atoms with Crippen molar-refractivity contribution in [2.24, 2.45) is 4.99 Å². The molecule has 7 heteroatoms. The van der Waals surface area contributed by atoms with Crippen molar-refractivity contribution in [2.75, 3.05) is 20.2 Å². The number of rotatable bonds is 6. The summed E-state index contributed by atoms with van der Waals surface area (Å²) in [6.07, 6.45) is 9.72. The Morgan fingerprint density at radius 1 is 1.21 bits per heavy atom. The topological polar surface area (TPSA) is 71.4 Å². The number of carbonyl (C=O) groups excluding carboxylic acids is 2. The molecule has 0 aliphatic carbocycles. The molecule has 0 spiro atoms. The summed E-state index contributed by atoms with van der Waals surface area (Å²) < 4.78 is 10.1. The molecule has 0 saturated carbocycles. The number of fused-ring (bicyclic) bond motifs is 2. The second kappa shape index (κ2) is 9.94. The lowest BCUT2D eigenvalue weighted by molar-refractivity contribution is -0.134. The molecule has 0 aromatic rings. The second-order valence-electron chi connectivity index (χ2n) is 8.68. The Labute approximate surface area is 174 Å². The summed E-state index contributed by atoms with van der Waals surface area (Å²) in [4.78, 5) is 32.6. The van der Waals surface area contributed by atoms with Gasteiger partial charge in [-0.25, -0.2) is 9.59 Å². The number of aliphatic imine (C=N–C) groups is 1. The van der Waals surface area contributed by atoms with E-state index >= 15 is 0 Å². The number of nitrogens with zero attached hydrogens (tertiary/aromatic N) is 3. The summed E-state index contributed by atoms with van der Waals surface area (Å²) in [7, 11) is 1.37. The average Bonchev–Trinajstić information content (AvgIpc) is 2.63. The van der Waals surface area contributed by atoms with Crippen molar-refractivity contribution in [1.29, 1.82) is 0 Å². The fourth-order valence-electron chi connectivity index (χ4n) is 3.66. The van der Waals surface area contributed by atoms with E-state index in [2.05, 4.69) is 16.6 Å². The smallest absolute Gasteiger partial charge is 0.410 e. The lowest BCUT2D eigenvalue weighted by atomic mass is 9.88. The highest BCUT2D eigenvalue weighted by molar-refractivity contribution is 5.93. The molecular weight excluding hydrogens is 370 g/mol. The third kappa shape index (κ3) is 6.61. The number of piperazine rings is 1. The summed E-state index contributed by atoms with van der Waals surface area (Å²) in [6.45, 7) is 11.3. The van der Waals surface area contributed by atoms with E-state index in [9.17, 15) is 9.59 Å². The summed E-state index contributed by atoms with van der Waals surface area (Å²) in [5, 5.41) is 0. The molecule has 3 atom stereocenters. The largest absolute Gasteiger partial charge is 0.466 e. The number of ether oxygens (including phenoxy) is 2. The summed E-state index contributed by atoms with van der Waals surface area (Å²) in [6, 6.07) is 0.485. The highest BCUT2D eigenvalue weighted by Gasteiger charge is 2.49. The van der Waals surface area contributed by atoms with Gasteiger partial charge in [0, 0.05) is 25.2 Å². The number of piperidine rings is 1. The van der Waals surface area contributed by atoms with E-state index in [4.69, 9.17) is 9.73 Å². The molecule has 3 saturated heterocycles. The number of carbonyl (C=O) groups is 2. The Hall–Kier alpha value is -2.31. The van der Waals surface area contributed by atoms with Crippen LogP contribution < -0.4 is 0 Å². The van der Waals surface area contributed by atoms with Gasteiger partial charge in [-0.3, -0.25) is 9.89 Å². The van der Waals surface area contributed by atoms with Crippen LogP contribution in [0.2, 0.25) is 0 Å². The molecule has 3 fully saturated rings. The van der Waals surface area contributed by atoms with Gasteiger partial charge in [0.25, 0.3) is 0 Å². The fourth-order valence-corrected chi connectivity index (χ4v) is 3.66. The molecule has 0 aromatic carbocycles. The Balaban J connectivity index is 1.94. The van der Waals surface area contributed by atoms with Crippen LogP contribution in [0.5, 0.6) is 0 Å². The third-order valence-electron chi connectivity index (χ3n) is 5.00. The molecule has 3 aliphatic rings. The molecule has 162 valence electrons. The van der Waals surface area contributed by atoms with Gasteiger partial charge < -0.3 is 14.4 Å². The van der Waals surface area contributed by atoms with Crippen LogP contribution in [0, 0.1) is 0 Å². The predicted molar refractivity (Wildman–Crippen MR) is 114 cm³/mol. The first kappa shape index (κ1) is 23.0. The summed E-state index contributed by atoms with van der Waals surface area (Å²) in [5.41, 5.74) is -0.476. The van der Waals surface area contributed by atoms with Crippen molar-refractivity contribution in [2.45, 2.75) is 77.6 Å². The van der Waals surface area contributed by atoms with E-state index in [1.54, 1.807) is 0 Å². The van der Waals surface area contributed by atoms with Gasteiger partial charge in [-0.2, -0.15) is 0 Å². The molecule has 2 bridgehead atoms. The number of methoxy groups -OCH3 is 1. The number of amides is 1. The Morgan fingerprint density at radius 3 is 2.41 bits per heavy atom. The number of esters is 1. The van der Waals surface area contributed by atoms with Gasteiger partial charge in [0.2, 0.25) is 0 Å². The van der Waals surface area contributed by atoms with Crippen LogP contribution >= 0.6 is 0 Å². The molecule has 3 rings (SSSR count). The monoisotopic (exact) mass is 405 g/mol. The van der Waals surface area contributed by atoms with Crippen LogP contribution in [0.1, 0.15) is 53.9 Å². The third-order valence-corrected chi connectivity index (χ3v) is 5.00. The van der Waals surface area contributed by atoms with E-state index in [1.807, 2.05) is 50.8 Å². The van der Waals surface area contributed by atoms with E-state index in [1.165, 1.54) is 13.2 Å². The van der Waals surface area contributed by atoms with Crippen LogP contribution in [0.3, 0.4) is 0 Å². The van der Waals surface area contributed by atoms with Gasteiger partial charge in [0.1, 0.15) is 11.4 Å². The van der Waals surface area contributed by atoms with Crippen LogP contribution in [0.15, 0.2) is 29.3 Å². The molecule has 7 nitrogen and oxygen atoms in total. The zero-order valence-corrected chi connectivity index (χ0v) is 18.6. The van der Waals surface area contributed by atoms with Gasteiger partial charge in [0.15, 0.2) is 0 Å². The Kier molecular flexibility index (Phi) is 7.88. The van der Waals surface area contributed by atoms with Gasteiger partial charge in [0.05, 0.1) is 19.2 Å². The van der Waals surface area contributed by atoms with Gasteiger partial charge in [-0.15, -0.1) is 0 Å². The van der Waals surface area contributed by atoms with E-state index in [0.29, 0.717) is 0 Å². The number of hydrogen-bond donors (Lipinski definition) is 0. The zero-order chi connectivity index (χ0) is 21.6. The Bertz CT molecular complexity index is 666. The van der Waals surface area contributed by atoms with Crippen LogP contribution in [-0.4, -0.2) is 71.6 Å². The van der Waals surface area contributed by atoms with E-state index < -0.39 is 5.60 Å². The maximum Gasteiger partial charge on any atom is 0.410 e. The van der Waals surface area contributed by atoms with Crippen molar-refractivity contribution < 1.29 is 19.1 Å². The molecule has 0 N–H and O–H groups in total. The normalized spacial score (nSPS) is 23.3. The van der Waals surface area contributed by atoms with Crippen molar-refractivity contribution in [3.05, 3.63) is 24.3 Å². The molecular formula is C22H35N3O4. The maximum atomic E-state index is 12.5. The fraction of sp³-hybridized carbons (Fsp3) is 0.682. The number of allylic oxidation sites excluding steroid dienone is 2. The van der Waals surface area contributed by atoms with Crippen LogP contribution in [0.4, 0.5) is 4.79 Å². The van der Waals surface area contributed by atoms with E-state index in [-0.39, 0.29) is 30.2 Å². The summed E-state index contributed by atoms with van der Waals surface area (Å²) in [5.74, 6) is 0.619. The number of hydrogen-bond acceptors (Lipinski definition) is 5. The molecule has 3 unspecified atom stereocenters. The average molecular weight is 406 g/mol. The first-order valence-electron chi connectivity index (χ1n) is 10.4. The maximum absolute atomic E-state index is 12.5. The molecule has 3 aliphatic heterocycles. The first-order chi connectivity index (χ1) is 13.6. The molecule has 1 amide bonds. The summed E-state index contributed by atoms with van der Waals surface area (Å²) >= 11 is 0. The van der Waals surface area contributed by atoms with Crippen LogP contribution in [0.25, 0.3) is 0 Å². The minimum atomic E-state index is -0.476. The quantitative estimate of drug-likeness (QED) is 0.292. The lowest BCUT2D eigenvalue weighted by Gasteiger charge is -2.56. The zero-order valence-electron chi connectivity index (χ0n) is 18.6. The second-order valence-corrected chi connectivity index (χ2v) is 8.68. The van der Waals surface area contributed by atoms with Gasteiger partial charge in [-0.05, 0) is 60.0 Å². The minimum absolute atomic E-state index is 0.128. The van der Waals surface area contributed by atoms with E-state index in [0.717, 1.165) is 38.2 Å². The molecule has 3 heterocycles. The van der Waals surface area contributed by atoms with Gasteiger partial charge in [-0.1, -0.05) is 12.2 Å². The Morgan fingerprint density at radius 2 is 1.86 bits per heavy atom. The highest BCUT2D eigenvalue weighted by atomic mass is 16.6. The highest BCUT2D eigenvalue weighted by Crippen LogP contribution is 2.34. The van der Waals surface area contributed by atoms with Crippen molar-refractivity contribution in [3.8, 4) is 0 Å². The standard InChI is InChI=1S/C22H35N3O4/c1-7-10-19(23-16(2)11-8-9-12-20(26)28-6)24-14-17-13-18(15-24)25(17)21(27)29-22(3,4)5/h7,9-10,12,16-18H,8,11,13-15H2,1-6H3/b10-7-,12-9+,23-19+. The SMILES string of the molecule is C/C=C\C(=N/C(C)CC/C=C/C(=O)OC)N1CC2CC(C1)N2C(=O)OC(C)(C)C. The lowest BCUT2D eigenvalue weighted by Crippen LogP contribution is -2.71. The molecule has 0 aromatic heterocycles. The predicted octanol–water partition coefficient (Wildman–Crippen LogP) is 3.55. The molecule has 0 radical (unpaired) electrons. The first-order valence-corrected chi connectivity index (χ1v) is 10.4. The van der Waals surface area contributed by atoms with Crippen molar-refractivity contribution in [1.82, 2.24) is 9.80 Å². The molecule has 29 heavy (non-hydrogen) atoms. The van der Waals surface area contributed by atoms with Crippen molar-refractivity contribution >= 4 is 17.9 Å². The number of amidine groups is 1. The minimum Gasteiger partial charge on any atom is -0.466 e. The van der Waals surface area contributed by atoms with Gasteiger partial charge >= 0.3 is 12.1 Å².